The number of aryl methyl sites for hydroxylation is 2. The van der Waals surface area contributed by atoms with E-state index in [4.69, 9.17) is 17.3 Å². The van der Waals surface area contributed by atoms with Gasteiger partial charge in [0.2, 0.25) is 0 Å². The maximum Gasteiger partial charge on any atom is 0.0847 e. The molecule has 2 aromatic rings. The minimum atomic E-state index is -0.189. The summed E-state index contributed by atoms with van der Waals surface area (Å²) in [6.07, 6.45) is 2.36. The van der Waals surface area contributed by atoms with Crippen molar-refractivity contribution in [1.29, 1.82) is 0 Å². The molecule has 0 spiro atoms. The van der Waals surface area contributed by atoms with Gasteiger partial charge in [0.1, 0.15) is 0 Å². The van der Waals surface area contributed by atoms with Gasteiger partial charge in [-0.25, -0.2) is 0 Å². The molecule has 1 unspecified atom stereocenters. The number of halogens is 2. The summed E-state index contributed by atoms with van der Waals surface area (Å²) in [4.78, 5) is 4.30. The van der Waals surface area contributed by atoms with Gasteiger partial charge in [-0.3, -0.25) is 9.67 Å². The van der Waals surface area contributed by atoms with E-state index in [1.807, 2.05) is 26.1 Å². The van der Waals surface area contributed by atoms with Crippen molar-refractivity contribution in [2.45, 2.75) is 19.4 Å². The summed E-state index contributed by atoms with van der Waals surface area (Å²) in [5.41, 5.74) is 8.75. The van der Waals surface area contributed by atoms with Gasteiger partial charge in [0.05, 0.1) is 28.1 Å². The minimum Gasteiger partial charge on any atom is -0.322 e. The molecule has 0 aliphatic rings. The van der Waals surface area contributed by atoms with Gasteiger partial charge in [-0.1, -0.05) is 11.6 Å². The van der Waals surface area contributed by atoms with Crippen LogP contribution in [0.2, 0.25) is 5.02 Å². The summed E-state index contributed by atoms with van der Waals surface area (Å²) >= 11 is 9.55. The van der Waals surface area contributed by atoms with Crippen molar-refractivity contribution < 1.29 is 0 Å². The van der Waals surface area contributed by atoms with Crippen LogP contribution in [0.4, 0.5) is 0 Å². The molecule has 2 aromatic heterocycles. The van der Waals surface area contributed by atoms with Gasteiger partial charge in [-0.2, -0.15) is 5.10 Å². The molecular weight excluding hydrogens is 316 g/mol. The van der Waals surface area contributed by atoms with Crippen LogP contribution in [-0.4, -0.2) is 14.8 Å². The average Bonchev–Trinajstić information content (AvgIpc) is 2.57. The van der Waals surface area contributed by atoms with Gasteiger partial charge in [-0.15, -0.1) is 0 Å². The Balaban J connectivity index is 2.21. The molecule has 0 aromatic carbocycles. The molecule has 96 valence electrons. The summed E-state index contributed by atoms with van der Waals surface area (Å²) < 4.78 is 2.71. The molecule has 18 heavy (non-hydrogen) atoms. The molecule has 0 bridgehead atoms. The quantitative estimate of drug-likeness (QED) is 0.942. The van der Waals surface area contributed by atoms with E-state index in [9.17, 15) is 0 Å². The van der Waals surface area contributed by atoms with Crippen molar-refractivity contribution >= 4 is 27.5 Å². The first kappa shape index (κ1) is 13.5. The smallest absolute Gasteiger partial charge is 0.0847 e. The van der Waals surface area contributed by atoms with Crippen molar-refractivity contribution in [3.8, 4) is 0 Å². The number of hydrogen-bond donors (Lipinski definition) is 1. The lowest BCUT2D eigenvalue weighted by Gasteiger charge is -2.11. The van der Waals surface area contributed by atoms with Crippen LogP contribution in [0.15, 0.2) is 22.8 Å². The zero-order valence-electron chi connectivity index (χ0n) is 10.2. The highest BCUT2D eigenvalue weighted by Gasteiger charge is 2.16. The van der Waals surface area contributed by atoms with Crippen molar-refractivity contribution in [3.05, 3.63) is 44.9 Å². The highest BCUT2D eigenvalue weighted by Crippen LogP contribution is 2.24. The first-order valence-corrected chi connectivity index (χ1v) is 6.71. The summed E-state index contributed by atoms with van der Waals surface area (Å²) in [5.74, 6) is 0. The molecule has 0 aliphatic carbocycles. The van der Waals surface area contributed by atoms with Crippen molar-refractivity contribution in [1.82, 2.24) is 14.8 Å². The van der Waals surface area contributed by atoms with Gasteiger partial charge in [0.25, 0.3) is 0 Å². The third kappa shape index (κ3) is 2.74. The maximum atomic E-state index is 6.20. The number of nitrogens with zero attached hydrogens (tertiary/aromatic N) is 3. The summed E-state index contributed by atoms with van der Waals surface area (Å²) in [6.45, 7) is 1.88. The topological polar surface area (TPSA) is 56.7 Å². The predicted molar refractivity (Wildman–Crippen MR) is 75.5 cm³/mol. The minimum absolute atomic E-state index is 0.189. The van der Waals surface area contributed by atoms with E-state index < -0.39 is 0 Å². The lowest BCUT2D eigenvalue weighted by atomic mass is 10.1. The van der Waals surface area contributed by atoms with E-state index in [1.165, 1.54) is 0 Å². The molecule has 0 fully saturated rings. The lowest BCUT2D eigenvalue weighted by Crippen LogP contribution is -2.16. The Labute approximate surface area is 119 Å². The van der Waals surface area contributed by atoms with E-state index in [1.54, 1.807) is 10.9 Å². The first-order chi connectivity index (χ1) is 8.49. The average molecular weight is 330 g/mol. The summed E-state index contributed by atoms with van der Waals surface area (Å²) in [6, 6.07) is 3.65. The SMILES string of the molecule is Cc1nn(C)c(CC(N)c2ccc(Br)cn2)c1Cl. The van der Waals surface area contributed by atoms with Crippen molar-refractivity contribution in [3.63, 3.8) is 0 Å². The number of aromatic nitrogens is 3. The molecule has 2 heterocycles. The maximum absolute atomic E-state index is 6.20. The molecule has 0 amide bonds. The molecule has 2 N–H and O–H groups in total. The summed E-state index contributed by atoms with van der Waals surface area (Å²) in [7, 11) is 1.87. The Morgan fingerprint density at radius 1 is 1.50 bits per heavy atom. The van der Waals surface area contributed by atoms with Crippen molar-refractivity contribution in [2.24, 2.45) is 12.8 Å². The second kappa shape index (κ2) is 5.38. The standard InChI is InChI=1S/C12H14BrClN4/c1-7-12(14)11(18(2)17-7)5-9(15)10-4-3-8(13)6-16-10/h3-4,6,9H,5,15H2,1-2H3. The summed E-state index contributed by atoms with van der Waals surface area (Å²) in [5, 5.41) is 4.96. The largest absolute Gasteiger partial charge is 0.322 e. The first-order valence-electron chi connectivity index (χ1n) is 5.54. The van der Waals surface area contributed by atoms with Crippen LogP contribution in [0.3, 0.4) is 0 Å². The van der Waals surface area contributed by atoms with E-state index >= 15 is 0 Å². The molecule has 0 saturated heterocycles. The molecule has 0 aliphatic heterocycles. The van der Waals surface area contributed by atoms with Crippen LogP contribution < -0.4 is 5.73 Å². The highest BCUT2D eigenvalue weighted by atomic mass is 79.9. The molecule has 1 atom stereocenters. The van der Waals surface area contributed by atoms with Crippen molar-refractivity contribution in [2.75, 3.05) is 0 Å². The number of rotatable bonds is 3. The fourth-order valence-electron chi connectivity index (χ4n) is 1.82. The van der Waals surface area contributed by atoms with Crippen LogP contribution in [0, 0.1) is 6.92 Å². The Morgan fingerprint density at radius 2 is 2.22 bits per heavy atom. The molecule has 6 heteroatoms. The second-order valence-electron chi connectivity index (χ2n) is 4.18. The molecular formula is C12H14BrClN4. The van der Waals surface area contributed by atoms with Crippen LogP contribution >= 0.6 is 27.5 Å². The molecule has 0 saturated carbocycles. The lowest BCUT2D eigenvalue weighted by molar-refractivity contribution is 0.628. The third-order valence-corrected chi connectivity index (χ3v) is 3.77. The zero-order valence-corrected chi connectivity index (χ0v) is 12.5. The molecule has 0 radical (unpaired) electrons. The number of nitrogens with two attached hydrogens (primary N) is 1. The van der Waals surface area contributed by atoms with Gasteiger partial charge in [-0.05, 0) is 35.0 Å². The van der Waals surface area contributed by atoms with Gasteiger partial charge < -0.3 is 5.73 Å². The fourth-order valence-corrected chi connectivity index (χ4v) is 2.29. The third-order valence-electron chi connectivity index (χ3n) is 2.81. The monoisotopic (exact) mass is 328 g/mol. The normalized spacial score (nSPS) is 12.7. The predicted octanol–water partition coefficient (Wildman–Crippen LogP) is 2.78. The van der Waals surface area contributed by atoms with Crippen LogP contribution in [-0.2, 0) is 13.5 Å². The fraction of sp³-hybridized carbons (Fsp3) is 0.333. The van der Waals surface area contributed by atoms with E-state index in [2.05, 4.69) is 26.0 Å². The Kier molecular flexibility index (Phi) is 4.04. The highest BCUT2D eigenvalue weighted by molar-refractivity contribution is 9.10. The van der Waals surface area contributed by atoms with Gasteiger partial charge in [0.15, 0.2) is 0 Å². The zero-order chi connectivity index (χ0) is 13.3. The van der Waals surface area contributed by atoms with Gasteiger partial charge >= 0.3 is 0 Å². The Bertz CT molecular complexity index is 550. The number of hydrogen-bond acceptors (Lipinski definition) is 3. The number of pyridine rings is 1. The molecule has 4 nitrogen and oxygen atoms in total. The Morgan fingerprint density at radius 3 is 2.72 bits per heavy atom. The van der Waals surface area contributed by atoms with E-state index in [-0.39, 0.29) is 6.04 Å². The second-order valence-corrected chi connectivity index (χ2v) is 5.48. The van der Waals surface area contributed by atoms with Gasteiger partial charge in [0, 0.05) is 24.1 Å². The van der Waals surface area contributed by atoms with E-state index in [0.717, 1.165) is 21.6 Å². The van der Waals surface area contributed by atoms with Crippen LogP contribution in [0.5, 0.6) is 0 Å². The van der Waals surface area contributed by atoms with E-state index in [0.29, 0.717) is 11.4 Å². The van der Waals surface area contributed by atoms with Crippen LogP contribution in [0.25, 0.3) is 0 Å². The van der Waals surface area contributed by atoms with Crippen LogP contribution in [0.1, 0.15) is 23.1 Å². The Hall–Kier alpha value is -0.910. The molecule has 2 rings (SSSR count).